The summed E-state index contributed by atoms with van der Waals surface area (Å²) < 4.78 is 0. The fourth-order valence-electron chi connectivity index (χ4n) is 1.02. The van der Waals surface area contributed by atoms with Crippen molar-refractivity contribution in [3.8, 4) is 11.8 Å². The topological polar surface area (TPSA) is 76.9 Å². The van der Waals surface area contributed by atoms with Crippen molar-refractivity contribution >= 4 is 0 Å². The lowest BCUT2D eigenvalue weighted by molar-refractivity contribution is 0.459. The molecule has 0 saturated carbocycles. The molecule has 1 aromatic heterocycles. The van der Waals surface area contributed by atoms with Crippen molar-refractivity contribution in [3.05, 3.63) is 27.7 Å². The summed E-state index contributed by atoms with van der Waals surface area (Å²) in [6.45, 7) is 1.77. The first-order valence-electron chi connectivity index (χ1n) is 3.54. The molecule has 0 aliphatic heterocycles. The van der Waals surface area contributed by atoms with Gasteiger partial charge in [-0.3, -0.25) is 4.79 Å². The van der Waals surface area contributed by atoms with Crippen molar-refractivity contribution in [3.63, 3.8) is 0 Å². The van der Waals surface area contributed by atoms with Crippen LogP contribution in [0, 0.1) is 11.3 Å². The summed E-state index contributed by atoms with van der Waals surface area (Å²) in [5, 5.41) is 17.8. The number of aromatic nitrogens is 1. The normalized spacial score (nSPS) is 9.33. The van der Waals surface area contributed by atoms with Gasteiger partial charge in [-0.25, -0.2) is 0 Å². The van der Waals surface area contributed by atoms with Crippen LogP contribution in [0.5, 0.6) is 5.75 Å². The van der Waals surface area contributed by atoms with E-state index in [-0.39, 0.29) is 5.75 Å². The van der Waals surface area contributed by atoms with Gasteiger partial charge in [-0.1, -0.05) is 6.92 Å². The highest BCUT2D eigenvalue weighted by atomic mass is 16.3. The van der Waals surface area contributed by atoms with Crippen molar-refractivity contribution in [2.45, 2.75) is 13.3 Å². The molecule has 0 atom stereocenters. The predicted molar refractivity (Wildman–Crippen MR) is 42.8 cm³/mol. The quantitative estimate of drug-likeness (QED) is 0.635. The average molecular weight is 164 g/mol. The fraction of sp³-hybridized carbons (Fsp3) is 0.250. The van der Waals surface area contributed by atoms with Gasteiger partial charge in [-0.2, -0.15) is 5.26 Å². The summed E-state index contributed by atoms with van der Waals surface area (Å²) in [6.07, 6.45) is 1.78. The summed E-state index contributed by atoms with van der Waals surface area (Å²) in [7, 11) is 0. The molecular formula is C8H8N2O2. The lowest BCUT2D eigenvalue weighted by Crippen LogP contribution is -2.08. The van der Waals surface area contributed by atoms with Crippen molar-refractivity contribution in [1.82, 2.24) is 4.98 Å². The first-order chi connectivity index (χ1) is 5.70. The molecule has 0 unspecified atom stereocenters. The maximum Gasteiger partial charge on any atom is 0.290 e. The number of aromatic hydroxyl groups is 1. The Hall–Kier alpha value is -1.76. The van der Waals surface area contributed by atoms with Crippen molar-refractivity contribution < 1.29 is 5.11 Å². The molecular weight excluding hydrogens is 156 g/mol. The summed E-state index contributed by atoms with van der Waals surface area (Å²) in [5.41, 5.74) is 0.168. The Morgan fingerprint density at radius 2 is 2.42 bits per heavy atom. The van der Waals surface area contributed by atoms with E-state index in [0.29, 0.717) is 17.5 Å². The standard InChI is InChI=1S/C8H8N2O2/c1-2-6-5(3-9)4-10-8(12)7(6)11/h4,11H,2H2,1H3,(H,10,12). The average Bonchev–Trinajstić information content (AvgIpc) is 2.09. The Labute approximate surface area is 69.1 Å². The van der Waals surface area contributed by atoms with E-state index >= 15 is 0 Å². The number of hydrogen-bond donors (Lipinski definition) is 2. The van der Waals surface area contributed by atoms with E-state index in [1.165, 1.54) is 6.20 Å². The number of nitrogens with zero attached hydrogens (tertiary/aromatic N) is 1. The van der Waals surface area contributed by atoms with Crippen LogP contribution in [-0.2, 0) is 6.42 Å². The second-order valence-electron chi connectivity index (χ2n) is 2.32. The number of rotatable bonds is 1. The van der Waals surface area contributed by atoms with Gasteiger partial charge in [0.05, 0.1) is 5.56 Å². The Morgan fingerprint density at radius 1 is 1.75 bits per heavy atom. The van der Waals surface area contributed by atoms with E-state index < -0.39 is 5.56 Å². The SMILES string of the molecule is CCc1c(C#N)c[nH]c(=O)c1O. The Morgan fingerprint density at radius 3 is 2.92 bits per heavy atom. The number of pyridine rings is 1. The monoisotopic (exact) mass is 164 g/mol. The zero-order valence-electron chi connectivity index (χ0n) is 6.59. The van der Waals surface area contributed by atoms with Crippen molar-refractivity contribution in [2.24, 2.45) is 0 Å². The first kappa shape index (κ1) is 8.34. The largest absolute Gasteiger partial charge is 0.503 e. The van der Waals surface area contributed by atoms with Crippen LogP contribution in [0.3, 0.4) is 0 Å². The number of nitriles is 1. The third-order valence-corrected chi connectivity index (χ3v) is 1.65. The molecule has 2 N–H and O–H groups in total. The zero-order valence-corrected chi connectivity index (χ0v) is 6.59. The molecule has 1 heterocycles. The van der Waals surface area contributed by atoms with E-state index in [1.54, 1.807) is 6.92 Å². The van der Waals surface area contributed by atoms with Gasteiger partial charge < -0.3 is 10.1 Å². The highest BCUT2D eigenvalue weighted by molar-refractivity contribution is 5.42. The van der Waals surface area contributed by atoms with Gasteiger partial charge in [0.1, 0.15) is 6.07 Å². The summed E-state index contributed by atoms with van der Waals surface area (Å²) in [5.74, 6) is -0.350. The predicted octanol–water partition coefficient (Wildman–Crippen LogP) is 0.515. The summed E-state index contributed by atoms with van der Waals surface area (Å²) >= 11 is 0. The van der Waals surface area contributed by atoms with Crippen LogP contribution in [0.2, 0.25) is 0 Å². The van der Waals surface area contributed by atoms with E-state index in [0.717, 1.165) is 0 Å². The summed E-state index contributed by atoms with van der Waals surface area (Å²) in [6, 6.07) is 1.88. The van der Waals surface area contributed by atoms with Crippen LogP contribution >= 0.6 is 0 Å². The van der Waals surface area contributed by atoms with Crippen LogP contribution < -0.4 is 5.56 Å². The lowest BCUT2D eigenvalue weighted by Gasteiger charge is -2.00. The highest BCUT2D eigenvalue weighted by Crippen LogP contribution is 2.14. The van der Waals surface area contributed by atoms with E-state index in [2.05, 4.69) is 4.98 Å². The molecule has 4 nitrogen and oxygen atoms in total. The van der Waals surface area contributed by atoms with Gasteiger partial charge >= 0.3 is 0 Å². The molecule has 0 amide bonds. The van der Waals surface area contributed by atoms with Crippen LogP contribution in [0.4, 0.5) is 0 Å². The number of hydrogen-bond acceptors (Lipinski definition) is 3. The second kappa shape index (κ2) is 3.09. The molecule has 0 aliphatic rings. The van der Waals surface area contributed by atoms with Gasteiger partial charge in [-0.05, 0) is 6.42 Å². The molecule has 0 bridgehead atoms. The molecule has 0 aromatic carbocycles. The van der Waals surface area contributed by atoms with Crippen LogP contribution in [0.15, 0.2) is 11.0 Å². The molecule has 4 heteroatoms. The van der Waals surface area contributed by atoms with Crippen molar-refractivity contribution in [1.29, 1.82) is 5.26 Å². The van der Waals surface area contributed by atoms with Crippen LogP contribution in [0.1, 0.15) is 18.1 Å². The first-order valence-corrected chi connectivity index (χ1v) is 3.54. The molecule has 0 aliphatic carbocycles. The van der Waals surface area contributed by atoms with Gasteiger partial charge in [0.25, 0.3) is 5.56 Å². The minimum Gasteiger partial charge on any atom is -0.503 e. The lowest BCUT2D eigenvalue weighted by atomic mass is 10.1. The minimum absolute atomic E-state index is 0.314. The third-order valence-electron chi connectivity index (χ3n) is 1.65. The summed E-state index contributed by atoms with van der Waals surface area (Å²) in [4.78, 5) is 13.1. The maximum absolute atomic E-state index is 10.9. The number of aromatic amines is 1. The molecule has 0 radical (unpaired) electrons. The second-order valence-corrected chi connectivity index (χ2v) is 2.32. The molecule has 0 fully saturated rings. The third kappa shape index (κ3) is 1.17. The minimum atomic E-state index is -0.550. The molecule has 0 spiro atoms. The molecule has 1 rings (SSSR count). The van der Waals surface area contributed by atoms with E-state index in [9.17, 15) is 9.90 Å². The maximum atomic E-state index is 10.9. The van der Waals surface area contributed by atoms with Gasteiger partial charge in [0.2, 0.25) is 0 Å². The highest BCUT2D eigenvalue weighted by Gasteiger charge is 2.08. The van der Waals surface area contributed by atoms with Crippen LogP contribution in [0.25, 0.3) is 0 Å². The fourth-order valence-corrected chi connectivity index (χ4v) is 1.02. The molecule has 62 valence electrons. The van der Waals surface area contributed by atoms with Crippen LogP contribution in [-0.4, -0.2) is 10.1 Å². The van der Waals surface area contributed by atoms with E-state index in [1.807, 2.05) is 6.07 Å². The Bertz CT molecular complexity index is 387. The number of nitrogens with one attached hydrogen (secondary N) is 1. The van der Waals surface area contributed by atoms with Gasteiger partial charge in [0.15, 0.2) is 5.75 Å². The zero-order chi connectivity index (χ0) is 9.14. The van der Waals surface area contributed by atoms with Gasteiger partial charge in [-0.15, -0.1) is 0 Å². The molecule has 1 aromatic rings. The van der Waals surface area contributed by atoms with Gasteiger partial charge in [0, 0.05) is 11.8 Å². The Balaban J connectivity index is 3.49. The Kier molecular flexibility index (Phi) is 2.15. The molecule has 12 heavy (non-hydrogen) atoms. The van der Waals surface area contributed by atoms with E-state index in [4.69, 9.17) is 5.26 Å². The van der Waals surface area contributed by atoms with Crippen molar-refractivity contribution in [2.75, 3.05) is 0 Å². The smallest absolute Gasteiger partial charge is 0.290 e. The number of H-pyrrole nitrogens is 1. The molecule has 0 saturated heterocycles.